The van der Waals surface area contributed by atoms with Gasteiger partial charge in [0, 0.05) is 25.6 Å². The number of nitrogens with one attached hydrogen (secondary N) is 1. The second-order valence-corrected chi connectivity index (χ2v) is 8.58. The van der Waals surface area contributed by atoms with Gasteiger partial charge in [-0.25, -0.2) is 0 Å². The quantitative estimate of drug-likeness (QED) is 0.518. The van der Waals surface area contributed by atoms with Crippen LogP contribution < -0.4 is 5.32 Å². The molecule has 1 aliphatic heterocycles. The first-order chi connectivity index (χ1) is 13.3. The number of carbonyl (C=O) groups excluding carboxylic acids is 1. The van der Waals surface area contributed by atoms with Gasteiger partial charge in [-0.3, -0.25) is 4.79 Å². The molecule has 1 amide bonds. The normalized spacial score (nSPS) is 19.1. The standard InChI is InChI=1S/C20H33N5OS/c1-2-12-25-18(11-15-24-13-7-4-8-14-24)22-23-20(25)27-16-19(26)21-17-9-5-3-6-10-17/h2,17H,1,3-16H2,(H,21,26). The van der Waals surface area contributed by atoms with Crippen LogP contribution in [0.4, 0.5) is 0 Å². The minimum Gasteiger partial charge on any atom is -0.353 e. The van der Waals surface area contributed by atoms with Crippen LogP contribution in [0.15, 0.2) is 17.8 Å². The number of likely N-dealkylation sites (tertiary alicyclic amines) is 1. The first kappa shape index (κ1) is 20.4. The zero-order chi connectivity index (χ0) is 18.9. The van der Waals surface area contributed by atoms with Gasteiger partial charge in [0.05, 0.1) is 5.75 Å². The van der Waals surface area contributed by atoms with E-state index < -0.39 is 0 Å². The second kappa shape index (κ2) is 10.9. The highest BCUT2D eigenvalue weighted by molar-refractivity contribution is 7.99. The Morgan fingerprint density at radius 2 is 1.89 bits per heavy atom. The van der Waals surface area contributed by atoms with E-state index in [9.17, 15) is 4.79 Å². The van der Waals surface area contributed by atoms with Gasteiger partial charge in [-0.2, -0.15) is 0 Å². The molecule has 0 aromatic carbocycles. The van der Waals surface area contributed by atoms with Gasteiger partial charge >= 0.3 is 0 Å². The number of allylic oxidation sites excluding steroid dienone is 1. The van der Waals surface area contributed by atoms with E-state index in [0.29, 0.717) is 18.3 Å². The van der Waals surface area contributed by atoms with Gasteiger partial charge in [0.25, 0.3) is 0 Å². The molecule has 2 fully saturated rings. The number of piperidine rings is 1. The lowest BCUT2D eigenvalue weighted by atomic mass is 9.95. The molecule has 1 aromatic heterocycles. The minimum atomic E-state index is 0.106. The van der Waals surface area contributed by atoms with Crippen molar-refractivity contribution in [3.8, 4) is 0 Å². The molecule has 1 aliphatic carbocycles. The minimum absolute atomic E-state index is 0.106. The van der Waals surface area contributed by atoms with Crippen molar-refractivity contribution in [3.05, 3.63) is 18.5 Å². The zero-order valence-electron chi connectivity index (χ0n) is 16.4. The number of rotatable bonds is 9. The predicted molar refractivity (Wildman–Crippen MR) is 110 cm³/mol. The van der Waals surface area contributed by atoms with Crippen molar-refractivity contribution >= 4 is 17.7 Å². The average molecular weight is 392 g/mol. The summed E-state index contributed by atoms with van der Waals surface area (Å²) in [6, 6.07) is 0.359. The fraction of sp³-hybridized carbons (Fsp3) is 0.750. The number of amides is 1. The van der Waals surface area contributed by atoms with E-state index in [0.717, 1.165) is 36.8 Å². The molecule has 0 bridgehead atoms. The molecule has 0 unspecified atom stereocenters. The van der Waals surface area contributed by atoms with Crippen molar-refractivity contribution in [1.29, 1.82) is 0 Å². The Morgan fingerprint density at radius 1 is 1.15 bits per heavy atom. The third kappa shape index (κ3) is 6.35. The number of aromatic nitrogens is 3. The molecule has 1 N–H and O–H groups in total. The molecular formula is C20H33N5OS. The van der Waals surface area contributed by atoms with Gasteiger partial charge in [0.15, 0.2) is 5.16 Å². The molecule has 150 valence electrons. The summed E-state index contributed by atoms with van der Waals surface area (Å²) in [4.78, 5) is 14.8. The maximum Gasteiger partial charge on any atom is 0.230 e. The van der Waals surface area contributed by atoms with Gasteiger partial charge in [0.1, 0.15) is 5.82 Å². The zero-order valence-corrected chi connectivity index (χ0v) is 17.2. The van der Waals surface area contributed by atoms with Crippen LogP contribution in [0.5, 0.6) is 0 Å². The molecule has 1 saturated carbocycles. The van der Waals surface area contributed by atoms with Crippen molar-refractivity contribution in [2.45, 2.75) is 75.5 Å². The summed E-state index contributed by atoms with van der Waals surface area (Å²) in [6.07, 6.45) is 12.7. The summed E-state index contributed by atoms with van der Waals surface area (Å²) in [5, 5.41) is 12.7. The average Bonchev–Trinajstić information content (AvgIpc) is 3.08. The number of thioether (sulfide) groups is 1. The van der Waals surface area contributed by atoms with Crippen LogP contribution in [0.25, 0.3) is 0 Å². The van der Waals surface area contributed by atoms with Crippen molar-refractivity contribution in [2.75, 3.05) is 25.4 Å². The lowest BCUT2D eigenvalue weighted by Gasteiger charge is -2.26. The molecule has 3 rings (SSSR count). The highest BCUT2D eigenvalue weighted by Gasteiger charge is 2.18. The first-order valence-corrected chi connectivity index (χ1v) is 11.4. The number of hydrogen-bond acceptors (Lipinski definition) is 5. The second-order valence-electron chi connectivity index (χ2n) is 7.64. The summed E-state index contributed by atoms with van der Waals surface area (Å²) >= 11 is 1.48. The van der Waals surface area contributed by atoms with Crippen molar-refractivity contribution in [2.24, 2.45) is 0 Å². The van der Waals surface area contributed by atoms with Crippen LogP contribution in [0, 0.1) is 0 Å². The van der Waals surface area contributed by atoms with Crippen molar-refractivity contribution in [3.63, 3.8) is 0 Å². The monoisotopic (exact) mass is 391 g/mol. The number of nitrogens with zero attached hydrogens (tertiary/aromatic N) is 4. The molecule has 2 aliphatic rings. The van der Waals surface area contributed by atoms with Gasteiger partial charge in [0.2, 0.25) is 5.91 Å². The molecule has 1 saturated heterocycles. The fourth-order valence-electron chi connectivity index (χ4n) is 4.01. The fourth-order valence-corrected chi connectivity index (χ4v) is 4.79. The largest absolute Gasteiger partial charge is 0.353 e. The Bertz CT molecular complexity index is 606. The lowest BCUT2D eigenvalue weighted by Crippen LogP contribution is -2.37. The first-order valence-electron chi connectivity index (χ1n) is 10.4. The van der Waals surface area contributed by atoms with E-state index in [1.165, 1.54) is 63.4 Å². The summed E-state index contributed by atoms with van der Waals surface area (Å²) in [5.74, 6) is 1.50. The molecule has 0 radical (unpaired) electrons. The Kier molecular flexibility index (Phi) is 8.20. The Hall–Kier alpha value is -1.34. The molecule has 6 nitrogen and oxygen atoms in total. The third-order valence-corrected chi connectivity index (χ3v) is 6.47. The van der Waals surface area contributed by atoms with Crippen LogP contribution in [0.3, 0.4) is 0 Å². The van der Waals surface area contributed by atoms with Gasteiger partial charge < -0.3 is 14.8 Å². The topological polar surface area (TPSA) is 63.1 Å². The smallest absolute Gasteiger partial charge is 0.230 e. The van der Waals surface area contributed by atoms with E-state index in [1.54, 1.807) is 0 Å². The lowest BCUT2D eigenvalue weighted by molar-refractivity contribution is -0.119. The predicted octanol–water partition coefficient (Wildman–Crippen LogP) is 3.03. The van der Waals surface area contributed by atoms with Gasteiger partial charge in [-0.05, 0) is 38.8 Å². The third-order valence-electron chi connectivity index (χ3n) is 5.51. The highest BCUT2D eigenvalue weighted by atomic mass is 32.2. The van der Waals surface area contributed by atoms with Gasteiger partial charge in [-0.15, -0.1) is 16.8 Å². The van der Waals surface area contributed by atoms with E-state index >= 15 is 0 Å². The summed E-state index contributed by atoms with van der Waals surface area (Å²) < 4.78 is 2.11. The summed E-state index contributed by atoms with van der Waals surface area (Å²) in [6.45, 7) is 7.97. The van der Waals surface area contributed by atoms with Crippen molar-refractivity contribution in [1.82, 2.24) is 25.0 Å². The Labute approximate surface area is 167 Å². The SMILES string of the molecule is C=CCn1c(CCN2CCCCC2)nnc1SCC(=O)NC1CCCCC1. The van der Waals surface area contributed by atoms with Crippen LogP contribution in [-0.4, -0.2) is 57.0 Å². The van der Waals surface area contributed by atoms with Crippen LogP contribution in [-0.2, 0) is 17.8 Å². The Balaban J connectivity index is 1.50. The van der Waals surface area contributed by atoms with Crippen LogP contribution in [0.1, 0.15) is 57.2 Å². The van der Waals surface area contributed by atoms with E-state index in [-0.39, 0.29) is 5.91 Å². The maximum atomic E-state index is 12.3. The Morgan fingerprint density at radius 3 is 2.63 bits per heavy atom. The van der Waals surface area contributed by atoms with Crippen molar-refractivity contribution < 1.29 is 4.79 Å². The van der Waals surface area contributed by atoms with E-state index in [2.05, 4.69) is 31.6 Å². The molecular weight excluding hydrogens is 358 g/mol. The van der Waals surface area contributed by atoms with Crippen LogP contribution >= 0.6 is 11.8 Å². The molecule has 7 heteroatoms. The van der Waals surface area contributed by atoms with Gasteiger partial charge in [-0.1, -0.05) is 43.5 Å². The highest BCUT2D eigenvalue weighted by Crippen LogP contribution is 2.20. The molecule has 27 heavy (non-hydrogen) atoms. The molecule has 2 heterocycles. The summed E-state index contributed by atoms with van der Waals surface area (Å²) in [5.41, 5.74) is 0. The molecule has 0 atom stereocenters. The molecule has 1 aromatic rings. The number of hydrogen-bond donors (Lipinski definition) is 1. The summed E-state index contributed by atoms with van der Waals surface area (Å²) in [7, 11) is 0. The van der Waals surface area contributed by atoms with Crippen LogP contribution in [0.2, 0.25) is 0 Å². The van der Waals surface area contributed by atoms with E-state index in [4.69, 9.17) is 0 Å². The molecule has 0 spiro atoms. The van der Waals surface area contributed by atoms with E-state index in [1.807, 2.05) is 6.08 Å². The maximum absolute atomic E-state index is 12.3. The number of carbonyl (C=O) groups is 1.